The summed E-state index contributed by atoms with van der Waals surface area (Å²) in [6, 6.07) is 13.2. The monoisotopic (exact) mass is 552 g/mol. The molecule has 2 aromatic heterocycles. The molecule has 4 rings (SSSR count). The van der Waals surface area contributed by atoms with Crippen molar-refractivity contribution in [2.75, 3.05) is 0 Å². The van der Waals surface area contributed by atoms with Gasteiger partial charge in [-0.25, -0.2) is 9.78 Å². The van der Waals surface area contributed by atoms with Gasteiger partial charge in [0.1, 0.15) is 11.2 Å². The van der Waals surface area contributed by atoms with Gasteiger partial charge in [-0.3, -0.25) is 14.6 Å². The van der Waals surface area contributed by atoms with Crippen LogP contribution in [0.25, 0.3) is 5.69 Å². The van der Waals surface area contributed by atoms with E-state index < -0.39 is 21.7 Å². The molecule has 2 aromatic carbocycles. The van der Waals surface area contributed by atoms with Gasteiger partial charge >= 0.3 is 5.69 Å². The van der Waals surface area contributed by atoms with Gasteiger partial charge in [0.2, 0.25) is 0 Å². The lowest BCUT2D eigenvalue weighted by atomic mass is 10.0. The highest BCUT2D eigenvalue weighted by molar-refractivity contribution is 7.99. The number of aromatic nitrogens is 4. The summed E-state index contributed by atoms with van der Waals surface area (Å²) in [6.45, 7) is 0. The highest BCUT2D eigenvalue weighted by Crippen LogP contribution is 2.47. The van der Waals surface area contributed by atoms with Gasteiger partial charge in [0.05, 0.1) is 16.5 Å². The molecule has 0 aliphatic rings. The molecule has 1 unspecified atom stereocenters. The van der Waals surface area contributed by atoms with Gasteiger partial charge in [-0.15, -0.1) is 0 Å². The third-order valence-electron chi connectivity index (χ3n) is 4.67. The van der Waals surface area contributed by atoms with Crippen molar-refractivity contribution in [2.24, 2.45) is 0 Å². The zero-order valence-electron chi connectivity index (χ0n) is 16.8. The van der Waals surface area contributed by atoms with Crippen molar-refractivity contribution in [1.82, 2.24) is 19.7 Å². The zero-order chi connectivity index (χ0) is 24.4. The third kappa shape index (κ3) is 5.21. The molecule has 0 amide bonds. The van der Waals surface area contributed by atoms with E-state index in [0.717, 1.165) is 16.4 Å². The van der Waals surface area contributed by atoms with Gasteiger partial charge < -0.3 is 0 Å². The summed E-state index contributed by atoms with van der Waals surface area (Å²) in [7, 11) is 0. The Morgan fingerprint density at radius 3 is 2.32 bits per heavy atom. The molecule has 0 bridgehead atoms. The number of carbonyl (C=O) groups is 1. The Morgan fingerprint density at radius 1 is 1.03 bits per heavy atom. The minimum Gasteiger partial charge on any atom is -0.276 e. The van der Waals surface area contributed by atoms with Gasteiger partial charge in [0, 0.05) is 26.8 Å². The van der Waals surface area contributed by atoms with Gasteiger partial charge in [-0.2, -0.15) is 9.78 Å². The quantitative estimate of drug-likeness (QED) is 0.249. The first-order chi connectivity index (χ1) is 16.2. The minimum atomic E-state index is -0.741. The van der Waals surface area contributed by atoms with E-state index in [-0.39, 0.29) is 21.3 Å². The number of aromatic amines is 1. The summed E-state index contributed by atoms with van der Waals surface area (Å²) in [4.78, 5) is 41.9. The van der Waals surface area contributed by atoms with E-state index in [2.05, 4.69) is 15.1 Å². The van der Waals surface area contributed by atoms with Crippen LogP contribution >= 0.6 is 58.2 Å². The Bertz CT molecular complexity index is 1480. The standard InChI is InChI=1S/C22H12Cl4N4O3S/c23-12-5-3-11(4-6-12)19(34-21-14(20(26)32)2-1-7-27-21)18-15(24)8-13(9-16(18)25)30-22(33)29-17(31)10-28-30/h1-10,19H,(H,29,31,33). The van der Waals surface area contributed by atoms with Crippen LogP contribution in [0.4, 0.5) is 0 Å². The van der Waals surface area contributed by atoms with Crippen molar-refractivity contribution in [3.63, 3.8) is 0 Å². The van der Waals surface area contributed by atoms with Crippen LogP contribution in [0.1, 0.15) is 26.7 Å². The number of H-pyrrole nitrogens is 1. The normalized spacial score (nSPS) is 11.9. The van der Waals surface area contributed by atoms with Crippen LogP contribution in [0.2, 0.25) is 15.1 Å². The van der Waals surface area contributed by atoms with Crippen molar-refractivity contribution < 1.29 is 4.79 Å². The van der Waals surface area contributed by atoms with Crippen LogP contribution in [0.3, 0.4) is 0 Å². The summed E-state index contributed by atoms with van der Waals surface area (Å²) < 4.78 is 0.969. The lowest BCUT2D eigenvalue weighted by Gasteiger charge is -2.21. The van der Waals surface area contributed by atoms with Gasteiger partial charge in [0.25, 0.3) is 10.8 Å². The average molecular weight is 554 g/mol. The van der Waals surface area contributed by atoms with E-state index in [1.807, 2.05) is 0 Å². The fraction of sp³-hybridized carbons (Fsp3) is 0.0455. The molecule has 0 saturated carbocycles. The second kappa shape index (κ2) is 10.3. The van der Waals surface area contributed by atoms with Crippen molar-refractivity contribution in [3.8, 4) is 5.69 Å². The maximum atomic E-state index is 12.2. The van der Waals surface area contributed by atoms with Crippen molar-refractivity contribution in [1.29, 1.82) is 0 Å². The molecule has 2 heterocycles. The third-order valence-corrected chi connectivity index (χ3v) is 7.04. The predicted molar refractivity (Wildman–Crippen MR) is 134 cm³/mol. The number of hydrogen-bond donors (Lipinski definition) is 1. The predicted octanol–water partition coefficient (Wildman–Crippen LogP) is 5.54. The maximum Gasteiger partial charge on any atom is 0.349 e. The van der Waals surface area contributed by atoms with E-state index in [1.165, 1.54) is 23.9 Å². The number of pyridine rings is 1. The number of thioether (sulfide) groups is 1. The van der Waals surface area contributed by atoms with Crippen LogP contribution in [0.15, 0.2) is 75.5 Å². The Kier molecular flexibility index (Phi) is 7.45. The van der Waals surface area contributed by atoms with Gasteiger partial charge in [0.15, 0.2) is 0 Å². The van der Waals surface area contributed by atoms with Crippen LogP contribution in [0.5, 0.6) is 0 Å². The van der Waals surface area contributed by atoms with Crippen LogP contribution in [-0.2, 0) is 0 Å². The average Bonchev–Trinajstić information content (AvgIpc) is 2.78. The molecular formula is C22H12Cl4N4O3S. The topological polar surface area (TPSA) is 97.7 Å². The number of nitrogens with one attached hydrogen (secondary N) is 1. The van der Waals surface area contributed by atoms with E-state index in [0.29, 0.717) is 15.6 Å². The summed E-state index contributed by atoms with van der Waals surface area (Å²) in [5.41, 5.74) is 0.416. The Labute approximate surface area is 216 Å². The van der Waals surface area contributed by atoms with Crippen molar-refractivity contribution in [2.45, 2.75) is 10.3 Å². The largest absolute Gasteiger partial charge is 0.349 e. The fourth-order valence-corrected chi connectivity index (χ4v) is 5.61. The highest BCUT2D eigenvalue weighted by atomic mass is 35.5. The zero-order valence-corrected chi connectivity index (χ0v) is 20.7. The lowest BCUT2D eigenvalue weighted by molar-refractivity contribution is 0.107. The first-order valence-corrected chi connectivity index (χ1v) is 11.9. The second-order valence-electron chi connectivity index (χ2n) is 6.85. The highest BCUT2D eigenvalue weighted by Gasteiger charge is 2.25. The van der Waals surface area contributed by atoms with E-state index >= 15 is 0 Å². The molecule has 0 spiro atoms. The summed E-state index contributed by atoms with van der Waals surface area (Å²) >= 11 is 26.4. The van der Waals surface area contributed by atoms with Crippen molar-refractivity contribution >= 4 is 63.4 Å². The maximum absolute atomic E-state index is 12.2. The number of benzene rings is 2. The Hall–Kier alpha value is -2.62. The molecule has 12 heteroatoms. The Balaban J connectivity index is 1.86. The molecule has 1 atom stereocenters. The SMILES string of the molecule is O=C(Cl)c1cccnc1SC(c1ccc(Cl)cc1)c1c(Cl)cc(-n2ncc(=O)[nH]c2=O)cc1Cl. The van der Waals surface area contributed by atoms with Gasteiger partial charge in [-0.05, 0) is 53.6 Å². The van der Waals surface area contributed by atoms with E-state index in [1.54, 1.807) is 42.6 Å². The molecule has 0 saturated heterocycles. The number of halogens is 4. The lowest BCUT2D eigenvalue weighted by Crippen LogP contribution is -2.30. The molecule has 4 aromatic rings. The Morgan fingerprint density at radius 2 is 1.71 bits per heavy atom. The molecule has 0 radical (unpaired) electrons. The summed E-state index contributed by atoms with van der Waals surface area (Å²) in [6.07, 6.45) is 2.51. The first-order valence-electron chi connectivity index (χ1n) is 9.49. The molecular weight excluding hydrogens is 542 g/mol. The fourth-order valence-electron chi connectivity index (χ4n) is 3.16. The number of carbonyl (C=O) groups excluding carboxylic acids is 1. The van der Waals surface area contributed by atoms with Crippen LogP contribution < -0.4 is 11.2 Å². The van der Waals surface area contributed by atoms with Gasteiger partial charge in [-0.1, -0.05) is 58.7 Å². The molecule has 34 heavy (non-hydrogen) atoms. The summed E-state index contributed by atoms with van der Waals surface area (Å²) in [5, 5.41) is 4.04. The second-order valence-corrected chi connectivity index (χ2v) is 9.54. The molecule has 7 nitrogen and oxygen atoms in total. The molecule has 1 N–H and O–H groups in total. The summed E-state index contributed by atoms with van der Waals surface area (Å²) in [5.74, 6) is 0. The van der Waals surface area contributed by atoms with Crippen LogP contribution in [0, 0.1) is 0 Å². The van der Waals surface area contributed by atoms with E-state index in [4.69, 9.17) is 46.4 Å². The molecule has 0 aliphatic carbocycles. The molecule has 172 valence electrons. The van der Waals surface area contributed by atoms with Crippen LogP contribution in [-0.4, -0.2) is 25.0 Å². The smallest absolute Gasteiger partial charge is 0.276 e. The number of nitrogens with zero attached hydrogens (tertiary/aromatic N) is 3. The molecule has 0 fully saturated rings. The minimum absolute atomic E-state index is 0.226. The van der Waals surface area contributed by atoms with E-state index in [9.17, 15) is 14.4 Å². The molecule has 0 aliphatic heterocycles. The first kappa shape index (κ1) is 24.5. The number of hydrogen-bond acceptors (Lipinski definition) is 6. The van der Waals surface area contributed by atoms with Crippen molar-refractivity contribution in [3.05, 3.63) is 114 Å². The number of rotatable bonds is 6.